The second-order valence-corrected chi connectivity index (χ2v) is 4.10. The summed E-state index contributed by atoms with van der Waals surface area (Å²) in [4.78, 5) is 0. The molecule has 0 heterocycles. The van der Waals surface area contributed by atoms with Gasteiger partial charge in [-0.2, -0.15) is 8.78 Å². The largest absolute Gasteiger partial charge is 0.497 e. The molecule has 1 aromatic rings. The highest BCUT2D eigenvalue weighted by Crippen LogP contribution is 2.35. The van der Waals surface area contributed by atoms with Crippen LogP contribution < -0.4 is 4.74 Å². The van der Waals surface area contributed by atoms with E-state index in [-0.39, 0.29) is 5.92 Å². The lowest BCUT2D eigenvalue weighted by atomic mass is 9.87. The number of benzene rings is 1. The van der Waals surface area contributed by atoms with Crippen LogP contribution in [0.5, 0.6) is 5.75 Å². The first-order chi connectivity index (χ1) is 7.97. The summed E-state index contributed by atoms with van der Waals surface area (Å²) in [6.07, 6.45) is -2.25. The average Bonchev–Trinajstić information content (AvgIpc) is 2.29. The van der Waals surface area contributed by atoms with E-state index in [2.05, 4.69) is 0 Å². The quantitative estimate of drug-likeness (QED) is 0.757. The predicted molar refractivity (Wildman–Crippen MR) is 60.9 cm³/mol. The summed E-state index contributed by atoms with van der Waals surface area (Å²) in [6.45, 7) is 3.41. The Morgan fingerprint density at radius 1 is 1.06 bits per heavy atom. The van der Waals surface area contributed by atoms with Gasteiger partial charge in [-0.1, -0.05) is 26.0 Å². The molecule has 1 atom stereocenters. The molecule has 0 spiro atoms. The summed E-state index contributed by atoms with van der Waals surface area (Å²) in [6, 6.07) is 6.47. The summed E-state index contributed by atoms with van der Waals surface area (Å²) in [7, 11) is 1.51. The van der Waals surface area contributed by atoms with Gasteiger partial charge >= 0.3 is 6.08 Å². The molecular formula is C13H15F3O. The normalized spacial score (nSPS) is 12.4. The van der Waals surface area contributed by atoms with Crippen molar-refractivity contribution in [3.63, 3.8) is 0 Å². The topological polar surface area (TPSA) is 9.23 Å². The smallest absolute Gasteiger partial charge is 0.302 e. The number of hydrogen-bond donors (Lipinski definition) is 0. The number of ether oxygens (including phenoxy) is 1. The first-order valence-corrected chi connectivity index (χ1v) is 5.32. The molecule has 0 saturated carbocycles. The van der Waals surface area contributed by atoms with Crippen LogP contribution in [0.25, 0.3) is 0 Å². The van der Waals surface area contributed by atoms with Gasteiger partial charge in [-0.05, 0) is 23.6 Å². The van der Waals surface area contributed by atoms with Gasteiger partial charge in [0.15, 0.2) is 5.83 Å². The fourth-order valence-corrected chi connectivity index (χ4v) is 1.75. The van der Waals surface area contributed by atoms with Gasteiger partial charge in [0.05, 0.1) is 7.11 Å². The molecule has 1 rings (SSSR count). The molecule has 0 bridgehead atoms. The van der Waals surface area contributed by atoms with Gasteiger partial charge < -0.3 is 4.74 Å². The molecule has 0 aromatic heterocycles. The minimum Gasteiger partial charge on any atom is -0.497 e. The van der Waals surface area contributed by atoms with E-state index in [0.29, 0.717) is 11.3 Å². The van der Waals surface area contributed by atoms with Crippen LogP contribution in [0.3, 0.4) is 0 Å². The zero-order chi connectivity index (χ0) is 13.0. The van der Waals surface area contributed by atoms with E-state index in [1.165, 1.54) is 7.11 Å². The molecule has 0 N–H and O–H groups in total. The molecule has 0 aliphatic rings. The third kappa shape index (κ3) is 3.25. The van der Waals surface area contributed by atoms with Crippen LogP contribution in [0, 0.1) is 5.92 Å². The van der Waals surface area contributed by atoms with Crippen molar-refractivity contribution in [1.82, 2.24) is 0 Å². The molecular weight excluding hydrogens is 229 g/mol. The van der Waals surface area contributed by atoms with Gasteiger partial charge in [-0.3, -0.25) is 0 Å². The highest BCUT2D eigenvalue weighted by molar-refractivity contribution is 5.33. The highest BCUT2D eigenvalue weighted by Gasteiger charge is 2.24. The molecule has 17 heavy (non-hydrogen) atoms. The standard InChI is InChI=1S/C13H15F3O/c1-8(2)11(12(14)13(15)16)9-4-6-10(17-3)7-5-9/h4-8,11H,1-3H3. The lowest BCUT2D eigenvalue weighted by Gasteiger charge is -2.19. The predicted octanol–water partition coefficient (Wildman–Crippen LogP) is 4.51. The van der Waals surface area contributed by atoms with Crippen molar-refractivity contribution < 1.29 is 17.9 Å². The van der Waals surface area contributed by atoms with Crippen molar-refractivity contribution in [1.29, 1.82) is 0 Å². The Balaban J connectivity index is 3.11. The molecule has 1 nitrogen and oxygen atoms in total. The van der Waals surface area contributed by atoms with Gasteiger partial charge in [0.2, 0.25) is 0 Å². The second-order valence-electron chi connectivity index (χ2n) is 4.10. The van der Waals surface area contributed by atoms with E-state index < -0.39 is 17.8 Å². The van der Waals surface area contributed by atoms with Crippen molar-refractivity contribution in [3.05, 3.63) is 41.7 Å². The maximum Gasteiger partial charge on any atom is 0.302 e. The van der Waals surface area contributed by atoms with Crippen molar-refractivity contribution in [2.24, 2.45) is 5.92 Å². The molecule has 0 aliphatic carbocycles. The SMILES string of the molecule is COc1ccc(C(C(F)=C(F)F)C(C)C)cc1. The molecule has 0 fully saturated rings. The Morgan fingerprint density at radius 3 is 1.94 bits per heavy atom. The molecule has 94 valence electrons. The van der Waals surface area contributed by atoms with Crippen molar-refractivity contribution in [2.75, 3.05) is 7.11 Å². The number of methoxy groups -OCH3 is 1. The summed E-state index contributed by atoms with van der Waals surface area (Å²) >= 11 is 0. The van der Waals surface area contributed by atoms with Crippen molar-refractivity contribution in [3.8, 4) is 5.75 Å². The number of rotatable bonds is 4. The lowest BCUT2D eigenvalue weighted by molar-refractivity contribution is 0.341. The lowest BCUT2D eigenvalue weighted by Crippen LogP contribution is -2.08. The van der Waals surface area contributed by atoms with Gasteiger partial charge in [0.25, 0.3) is 0 Å². The molecule has 0 radical (unpaired) electrons. The van der Waals surface area contributed by atoms with Crippen LogP contribution in [0.15, 0.2) is 36.2 Å². The molecule has 0 aliphatic heterocycles. The minimum absolute atomic E-state index is 0.245. The van der Waals surface area contributed by atoms with Crippen LogP contribution in [0.1, 0.15) is 25.3 Å². The summed E-state index contributed by atoms with van der Waals surface area (Å²) in [5, 5.41) is 0. The van der Waals surface area contributed by atoms with Crippen LogP contribution >= 0.6 is 0 Å². The Labute approximate surface area is 98.9 Å². The molecule has 0 amide bonds. The van der Waals surface area contributed by atoms with Crippen molar-refractivity contribution >= 4 is 0 Å². The molecule has 4 heteroatoms. The molecule has 1 unspecified atom stereocenters. The third-order valence-corrected chi connectivity index (χ3v) is 2.60. The van der Waals surface area contributed by atoms with E-state index in [0.717, 1.165) is 0 Å². The second kappa shape index (κ2) is 5.75. The van der Waals surface area contributed by atoms with E-state index >= 15 is 0 Å². The van der Waals surface area contributed by atoms with Crippen LogP contribution in [-0.4, -0.2) is 7.11 Å². The fourth-order valence-electron chi connectivity index (χ4n) is 1.75. The molecule has 1 aromatic carbocycles. The first-order valence-electron chi connectivity index (χ1n) is 5.32. The van der Waals surface area contributed by atoms with E-state index in [4.69, 9.17) is 4.74 Å². The van der Waals surface area contributed by atoms with Gasteiger partial charge in [-0.15, -0.1) is 0 Å². The van der Waals surface area contributed by atoms with E-state index in [9.17, 15) is 13.2 Å². The Kier molecular flexibility index (Phi) is 4.61. The van der Waals surface area contributed by atoms with Gasteiger partial charge in [0.1, 0.15) is 5.75 Å². The van der Waals surface area contributed by atoms with Crippen molar-refractivity contribution in [2.45, 2.75) is 19.8 Å². The zero-order valence-corrected chi connectivity index (χ0v) is 10.0. The average molecular weight is 244 g/mol. The van der Waals surface area contributed by atoms with E-state index in [1.807, 2.05) is 0 Å². The number of hydrogen-bond acceptors (Lipinski definition) is 1. The summed E-state index contributed by atoms with van der Waals surface area (Å²) in [5.74, 6) is -1.90. The zero-order valence-electron chi connectivity index (χ0n) is 10.0. The van der Waals surface area contributed by atoms with Crippen LogP contribution in [0.4, 0.5) is 13.2 Å². The van der Waals surface area contributed by atoms with E-state index in [1.54, 1.807) is 38.1 Å². The van der Waals surface area contributed by atoms with Gasteiger partial charge in [0, 0.05) is 5.92 Å². The summed E-state index contributed by atoms with van der Waals surface area (Å²) < 4.78 is 43.1. The van der Waals surface area contributed by atoms with Gasteiger partial charge in [-0.25, -0.2) is 4.39 Å². The number of allylic oxidation sites excluding steroid dienone is 1. The minimum atomic E-state index is -2.25. The highest BCUT2D eigenvalue weighted by atomic mass is 19.3. The summed E-state index contributed by atoms with van der Waals surface area (Å²) in [5.41, 5.74) is 0.520. The fraction of sp³-hybridized carbons (Fsp3) is 0.385. The molecule has 0 saturated heterocycles. The van der Waals surface area contributed by atoms with Crippen LogP contribution in [-0.2, 0) is 0 Å². The maximum absolute atomic E-state index is 13.4. The first kappa shape index (κ1) is 13.6. The van der Waals surface area contributed by atoms with Crippen LogP contribution in [0.2, 0.25) is 0 Å². The third-order valence-electron chi connectivity index (χ3n) is 2.60. The maximum atomic E-state index is 13.4. The monoisotopic (exact) mass is 244 g/mol. The Bertz CT molecular complexity index is 392. The Morgan fingerprint density at radius 2 is 1.59 bits per heavy atom. The Hall–Kier alpha value is -1.45. The number of halogens is 3.